The lowest BCUT2D eigenvalue weighted by atomic mass is 9.88. The van der Waals surface area contributed by atoms with Crippen LogP contribution in [0.4, 0.5) is 4.39 Å². The second-order valence-electron chi connectivity index (χ2n) is 4.79. The van der Waals surface area contributed by atoms with Gasteiger partial charge in [0.2, 0.25) is 5.91 Å². The zero-order chi connectivity index (χ0) is 13.0. The maximum atomic E-state index is 13.5. The highest BCUT2D eigenvalue weighted by atomic mass is 35.5. The third-order valence-electron chi connectivity index (χ3n) is 3.44. The van der Waals surface area contributed by atoms with Crippen molar-refractivity contribution in [3.05, 3.63) is 34.6 Å². The van der Waals surface area contributed by atoms with Crippen LogP contribution in [0.25, 0.3) is 0 Å². The van der Waals surface area contributed by atoms with Gasteiger partial charge in [0.1, 0.15) is 5.82 Å². The van der Waals surface area contributed by atoms with E-state index in [-0.39, 0.29) is 24.2 Å². The van der Waals surface area contributed by atoms with Crippen molar-refractivity contribution in [1.82, 2.24) is 5.32 Å². The lowest BCUT2D eigenvalue weighted by Gasteiger charge is -2.20. The molecule has 0 aromatic heterocycles. The van der Waals surface area contributed by atoms with E-state index in [1.807, 2.05) is 0 Å². The van der Waals surface area contributed by atoms with Gasteiger partial charge in [0.05, 0.1) is 0 Å². The Morgan fingerprint density at radius 2 is 2.06 bits per heavy atom. The summed E-state index contributed by atoms with van der Waals surface area (Å²) in [6, 6.07) is 4.51. The van der Waals surface area contributed by atoms with Crippen molar-refractivity contribution in [2.75, 3.05) is 0 Å². The summed E-state index contributed by atoms with van der Waals surface area (Å²) in [5, 5.41) is 3.18. The molecule has 1 aromatic carbocycles. The predicted octanol–water partition coefficient (Wildman–Crippen LogP) is 3.68. The summed E-state index contributed by atoms with van der Waals surface area (Å²) in [5.41, 5.74) is 0.476. The Morgan fingerprint density at radius 1 is 1.33 bits per heavy atom. The zero-order valence-corrected chi connectivity index (χ0v) is 11.0. The van der Waals surface area contributed by atoms with E-state index in [1.165, 1.54) is 12.5 Å². The number of carbonyl (C=O) groups excluding carboxylic acids is 1. The minimum Gasteiger partial charge on any atom is -0.352 e. The van der Waals surface area contributed by atoms with Gasteiger partial charge in [-0.15, -0.1) is 0 Å². The lowest BCUT2D eigenvalue weighted by molar-refractivity contribution is -0.126. The molecule has 98 valence electrons. The molecule has 1 saturated carbocycles. The van der Waals surface area contributed by atoms with Gasteiger partial charge in [-0.25, -0.2) is 4.39 Å². The van der Waals surface area contributed by atoms with Crippen LogP contribution in [0.5, 0.6) is 0 Å². The summed E-state index contributed by atoms with van der Waals surface area (Å²) >= 11 is 5.67. The second kappa shape index (κ2) is 6.19. The van der Waals surface area contributed by atoms with E-state index >= 15 is 0 Å². The smallest absolute Gasteiger partial charge is 0.223 e. The Labute approximate surface area is 112 Å². The quantitative estimate of drug-likeness (QED) is 0.891. The number of halogens is 2. The van der Waals surface area contributed by atoms with E-state index in [2.05, 4.69) is 5.32 Å². The Morgan fingerprint density at radius 3 is 2.72 bits per heavy atom. The molecule has 0 heterocycles. The number of nitrogens with one attached hydrogen (secondary N) is 1. The molecule has 1 aliphatic rings. The molecule has 4 heteroatoms. The lowest BCUT2D eigenvalue weighted by Crippen LogP contribution is -2.31. The Kier molecular flexibility index (Phi) is 4.59. The highest BCUT2D eigenvalue weighted by molar-refractivity contribution is 6.30. The Balaban J connectivity index is 1.88. The number of benzene rings is 1. The first-order chi connectivity index (χ1) is 8.66. The minimum atomic E-state index is -0.369. The summed E-state index contributed by atoms with van der Waals surface area (Å²) in [4.78, 5) is 11.9. The molecule has 0 atom stereocenters. The third kappa shape index (κ3) is 3.45. The van der Waals surface area contributed by atoms with Crippen LogP contribution in [0.3, 0.4) is 0 Å². The standard InChI is InChI=1S/C14H17ClFNO/c15-12-7-6-11(13(16)8-12)9-17-14(18)10-4-2-1-3-5-10/h6-8,10H,1-5,9H2,(H,17,18). The van der Waals surface area contributed by atoms with Gasteiger partial charge >= 0.3 is 0 Å². The maximum Gasteiger partial charge on any atom is 0.223 e. The fraction of sp³-hybridized carbons (Fsp3) is 0.500. The highest BCUT2D eigenvalue weighted by Gasteiger charge is 2.20. The van der Waals surface area contributed by atoms with Gasteiger partial charge in [-0.2, -0.15) is 0 Å². The van der Waals surface area contributed by atoms with E-state index in [9.17, 15) is 9.18 Å². The van der Waals surface area contributed by atoms with Crippen LogP contribution in [0, 0.1) is 11.7 Å². The summed E-state index contributed by atoms with van der Waals surface area (Å²) in [7, 11) is 0. The van der Waals surface area contributed by atoms with Gasteiger partial charge in [0.15, 0.2) is 0 Å². The average molecular weight is 270 g/mol. The van der Waals surface area contributed by atoms with Gasteiger partial charge in [-0.05, 0) is 25.0 Å². The van der Waals surface area contributed by atoms with Gasteiger partial charge in [0, 0.05) is 23.0 Å². The van der Waals surface area contributed by atoms with Crippen molar-refractivity contribution in [2.45, 2.75) is 38.6 Å². The first-order valence-electron chi connectivity index (χ1n) is 6.38. The van der Waals surface area contributed by atoms with Crippen LogP contribution in [0.2, 0.25) is 5.02 Å². The van der Waals surface area contributed by atoms with E-state index in [0.717, 1.165) is 25.7 Å². The molecule has 18 heavy (non-hydrogen) atoms. The van der Waals surface area contributed by atoms with Crippen molar-refractivity contribution in [1.29, 1.82) is 0 Å². The Bertz CT molecular complexity index is 430. The van der Waals surface area contributed by atoms with E-state index in [4.69, 9.17) is 11.6 Å². The molecule has 1 aliphatic carbocycles. The molecule has 0 radical (unpaired) electrons. The molecule has 0 aliphatic heterocycles. The summed E-state index contributed by atoms with van der Waals surface area (Å²) in [6.07, 6.45) is 5.36. The van der Waals surface area contributed by atoms with Crippen LogP contribution >= 0.6 is 11.6 Å². The zero-order valence-electron chi connectivity index (χ0n) is 10.2. The maximum absolute atomic E-state index is 13.5. The molecule has 1 aromatic rings. The van der Waals surface area contributed by atoms with Gasteiger partial charge in [-0.3, -0.25) is 4.79 Å². The van der Waals surface area contributed by atoms with Gasteiger partial charge in [-0.1, -0.05) is 36.9 Å². The summed E-state index contributed by atoms with van der Waals surface area (Å²) in [5.74, 6) is -0.218. The normalized spacial score (nSPS) is 16.6. The molecule has 0 spiro atoms. The molecule has 2 rings (SSSR count). The van der Waals surface area contributed by atoms with Gasteiger partial charge in [0.25, 0.3) is 0 Å². The molecule has 0 saturated heterocycles. The number of rotatable bonds is 3. The van der Waals surface area contributed by atoms with Crippen molar-refractivity contribution >= 4 is 17.5 Å². The van der Waals surface area contributed by atoms with E-state index in [1.54, 1.807) is 12.1 Å². The van der Waals surface area contributed by atoms with Crippen molar-refractivity contribution in [3.63, 3.8) is 0 Å². The van der Waals surface area contributed by atoms with E-state index < -0.39 is 0 Å². The molecule has 1 N–H and O–H groups in total. The second-order valence-corrected chi connectivity index (χ2v) is 5.22. The molecular formula is C14H17ClFNO. The number of hydrogen-bond acceptors (Lipinski definition) is 1. The highest BCUT2D eigenvalue weighted by Crippen LogP contribution is 2.23. The fourth-order valence-corrected chi connectivity index (χ4v) is 2.52. The van der Waals surface area contributed by atoms with Crippen LogP contribution < -0.4 is 5.32 Å². The van der Waals surface area contributed by atoms with E-state index in [0.29, 0.717) is 10.6 Å². The molecule has 0 bridgehead atoms. The number of amides is 1. The minimum absolute atomic E-state index is 0.0454. The molecule has 1 fully saturated rings. The fourth-order valence-electron chi connectivity index (χ4n) is 2.36. The SMILES string of the molecule is O=C(NCc1ccc(Cl)cc1F)C1CCCCC1. The monoisotopic (exact) mass is 269 g/mol. The predicted molar refractivity (Wildman–Crippen MR) is 69.8 cm³/mol. The van der Waals surface area contributed by atoms with Crippen LogP contribution in [-0.2, 0) is 11.3 Å². The van der Waals surface area contributed by atoms with Gasteiger partial charge < -0.3 is 5.32 Å². The third-order valence-corrected chi connectivity index (χ3v) is 3.68. The number of hydrogen-bond donors (Lipinski definition) is 1. The topological polar surface area (TPSA) is 29.1 Å². The van der Waals surface area contributed by atoms with Crippen molar-refractivity contribution < 1.29 is 9.18 Å². The number of carbonyl (C=O) groups is 1. The average Bonchev–Trinajstić information content (AvgIpc) is 2.38. The summed E-state index contributed by atoms with van der Waals surface area (Å²) in [6.45, 7) is 0.234. The van der Waals surface area contributed by atoms with Crippen LogP contribution in [0.15, 0.2) is 18.2 Å². The Hall–Kier alpha value is -1.09. The first-order valence-corrected chi connectivity index (χ1v) is 6.76. The largest absolute Gasteiger partial charge is 0.352 e. The summed E-state index contributed by atoms with van der Waals surface area (Å²) < 4.78 is 13.5. The molecule has 2 nitrogen and oxygen atoms in total. The first kappa shape index (κ1) is 13.3. The molecular weight excluding hydrogens is 253 g/mol. The molecule has 1 amide bonds. The molecule has 0 unspecified atom stereocenters. The van der Waals surface area contributed by atoms with Crippen LogP contribution in [-0.4, -0.2) is 5.91 Å². The van der Waals surface area contributed by atoms with Crippen molar-refractivity contribution in [3.8, 4) is 0 Å². The van der Waals surface area contributed by atoms with Crippen LogP contribution in [0.1, 0.15) is 37.7 Å². The van der Waals surface area contributed by atoms with Crippen molar-refractivity contribution in [2.24, 2.45) is 5.92 Å².